The standard InChI is InChI=1S/C20H30N4O2S2/c1-6-8-21-20(28)24-9-7-14-10-17(25-4)18(26-5)11-15(14)16(24)12-22-19(27)23-13(2)3/h6,10-11,13,16H,1,7-9,12H2,2-5H3,(H,21,28)(H2,22,23,27)/t16-/m0/s1. The van der Waals surface area contributed by atoms with Gasteiger partial charge in [0.15, 0.2) is 21.7 Å². The summed E-state index contributed by atoms with van der Waals surface area (Å²) in [7, 11) is 3.30. The molecule has 1 aromatic rings. The van der Waals surface area contributed by atoms with Crippen LogP contribution in [0.25, 0.3) is 0 Å². The minimum atomic E-state index is 0.0142. The first-order valence-corrected chi connectivity index (χ1v) is 10.2. The molecule has 0 amide bonds. The summed E-state index contributed by atoms with van der Waals surface area (Å²) in [6.45, 7) is 9.92. The smallest absolute Gasteiger partial charge is 0.169 e. The summed E-state index contributed by atoms with van der Waals surface area (Å²) in [5.41, 5.74) is 2.39. The molecule has 0 radical (unpaired) electrons. The molecule has 0 spiro atoms. The number of hydrogen-bond acceptors (Lipinski definition) is 4. The summed E-state index contributed by atoms with van der Waals surface area (Å²) < 4.78 is 11.0. The molecule has 0 aliphatic carbocycles. The van der Waals surface area contributed by atoms with Gasteiger partial charge in [-0.25, -0.2) is 0 Å². The minimum Gasteiger partial charge on any atom is -0.493 e. The molecular formula is C20H30N4O2S2. The number of ether oxygens (including phenoxy) is 2. The lowest BCUT2D eigenvalue weighted by atomic mass is 9.92. The Morgan fingerprint density at radius 3 is 2.54 bits per heavy atom. The third-order valence-corrected chi connectivity index (χ3v) is 5.18. The molecule has 0 fully saturated rings. The lowest BCUT2D eigenvalue weighted by molar-refractivity contribution is 0.290. The van der Waals surface area contributed by atoms with E-state index in [1.54, 1.807) is 20.3 Å². The summed E-state index contributed by atoms with van der Waals surface area (Å²) in [6.07, 6.45) is 2.67. The quantitative estimate of drug-likeness (QED) is 0.458. The van der Waals surface area contributed by atoms with Crippen LogP contribution in [-0.4, -0.2) is 55.0 Å². The molecule has 1 aliphatic rings. The molecule has 28 heavy (non-hydrogen) atoms. The van der Waals surface area contributed by atoms with Crippen molar-refractivity contribution in [2.45, 2.75) is 32.4 Å². The number of hydrogen-bond donors (Lipinski definition) is 3. The maximum Gasteiger partial charge on any atom is 0.169 e. The van der Waals surface area contributed by atoms with Crippen LogP contribution in [0, 0.1) is 0 Å². The van der Waals surface area contributed by atoms with Crippen molar-refractivity contribution in [2.24, 2.45) is 0 Å². The topological polar surface area (TPSA) is 57.8 Å². The molecular weight excluding hydrogens is 392 g/mol. The van der Waals surface area contributed by atoms with Crippen molar-refractivity contribution in [3.05, 3.63) is 35.9 Å². The van der Waals surface area contributed by atoms with E-state index in [0.717, 1.165) is 24.3 Å². The lowest BCUT2D eigenvalue weighted by Gasteiger charge is -2.39. The van der Waals surface area contributed by atoms with Gasteiger partial charge in [-0.05, 0) is 68.0 Å². The SMILES string of the molecule is C=CCNC(=S)N1CCc2cc(OC)c(OC)cc2[C@@H]1CNC(=S)NC(C)C. The third-order valence-electron chi connectivity index (χ3n) is 4.54. The Balaban J connectivity index is 2.32. The monoisotopic (exact) mass is 422 g/mol. The lowest BCUT2D eigenvalue weighted by Crippen LogP contribution is -2.50. The van der Waals surface area contributed by atoms with Crippen LogP contribution in [0.15, 0.2) is 24.8 Å². The van der Waals surface area contributed by atoms with Gasteiger partial charge in [0.25, 0.3) is 0 Å². The van der Waals surface area contributed by atoms with Crippen LogP contribution in [0.5, 0.6) is 11.5 Å². The van der Waals surface area contributed by atoms with E-state index in [0.29, 0.717) is 29.1 Å². The summed E-state index contributed by atoms with van der Waals surface area (Å²) in [6, 6.07) is 4.39. The van der Waals surface area contributed by atoms with Gasteiger partial charge in [-0.15, -0.1) is 6.58 Å². The molecule has 0 bridgehead atoms. The first-order chi connectivity index (χ1) is 13.4. The Hall–Kier alpha value is -2.06. The number of fused-ring (bicyclic) bond motifs is 1. The number of nitrogens with one attached hydrogen (secondary N) is 3. The van der Waals surface area contributed by atoms with Crippen LogP contribution in [0.1, 0.15) is 31.0 Å². The van der Waals surface area contributed by atoms with E-state index in [2.05, 4.69) is 47.3 Å². The molecule has 8 heteroatoms. The van der Waals surface area contributed by atoms with Crippen LogP contribution in [0.2, 0.25) is 0 Å². The maximum absolute atomic E-state index is 5.64. The summed E-state index contributed by atoms with van der Waals surface area (Å²) >= 11 is 11.1. The van der Waals surface area contributed by atoms with Crippen LogP contribution >= 0.6 is 24.4 Å². The predicted octanol–water partition coefficient (Wildman–Crippen LogP) is 2.54. The zero-order valence-electron chi connectivity index (χ0n) is 17.0. The van der Waals surface area contributed by atoms with E-state index >= 15 is 0 Å². The van der Waals surface area contributed by atoms with Crippen LogP contribution in [0.3, 0.4) is 0 Å². The van der Waals surface area contributed by atoms with Gasteiger partial charge in [-0.3, -0.25) is 0 Å². The highest BCUT2D eigenvalue weighted by Crippen LogP contribution is 2.38. The van der Waals surface area contributed by atoms with Crippen LogP contribution in [0.4, 0.5) is 0 Å². The number of nitrogens with zero attached hydrogens (tertiary/aromatic N) is 1. The largest absolute Gasteiger partial charge is 0.493 e. The first kappa shape index (κ1) is 22.2. The maximum atomic E-state index is 5.64. The summed E-state index contributed by atoms with van der Waals surface area (Å²) in [5.74, 6) is 1.45. The molecule has 1 aliphatic heterocycles. The minimum absolute atomic E-state index is 0.0142. The molecule has 1 atom stereocenters. The van der Waals surface area contributed by atoms with Gasteiger partial charge in [0.05, 0.1) is 20.3 Å². The zero-order chi connectivity index (χ0) is 20.7. The van der Waals surface area contributed by atoms with Crippen molar-refractivity contribution < 1.29 is 9.47 Å². The fraction of sp³-hybridized carbons (Fsp3) is 0.500. The van der Waals surface area contributed by atoms with E-state index in [1.165, 1.54) is 5.56 Å². The van der Waals surface area contributed by atoms with Crippen molar-refractivity contribution in [3.63, 3.8) is 0 Å². The van der Waals surface area contributed by atoms with Gasteiger partial charge in [0.2, 0.25) is 0 Å². The van der Waals surface area contributed by atoms with E-state index < -0.39 is 0 Å². The van der Waals surface area contributed by atoms with Gasteiger partial charge >= 0.3 is 0 Å². The average Bonchev–Trinajstić information content (AvgIpc) is 2.68. The van der Waals surface area contributed by atoms with E-state index in [9.17, 15) is 0 Å². The van der Waals surface area contributed by atoms with Gasteiger partial charge in [0.1, 0.15) is 0 Å². The molecule has 6 nitrogen and oxygen atoms in total. The van der Waals surface area contributed by atoms with Gasteiger partial charge in [-0.1, -0.05) is 6.08 Å². The van der Waals surface area contributed by atoms with E-state index in [1.807, 2.05) is 6.07 Å². The van der Waals surface area contributed by atoms with Crippen molar-refractivity contribution in [2.75, 3.05) is 33.9 Å². The Morgan fingerprint density at radius 1 is 1.25 bits per heavy atom. The summed E-state index contributed by atoms with van der Waals surface area (Å²) in [4.78, 5) is 2.19. The molecule has 154 valence electrons. The Bertz CT molecular complexity index is 724. The predicted molar refractivity (Wildman–Crippen MR) is 122 cm³/mol. The average molecular weight is 423 g/mol. The first-order valence-electron chi connectivity index (χ1n) is 9.35. The van der Waals surface area contributed by atoms with Crippen molar-refractivity contribution in [3.8, 4) is 11.5 Å². The second kappa shape index (κ2) is 10.5. The Kier molecular flexibility index (Phi) is 8.32. The molecule has 0 saturated heterocycles. The number of thiocarbonyl (C=S) groups is 2. The number of methoxy groups -OCH3 is 2. The normalized spacial score (nSPS) is 15.5. The Labute approximate surface area is 178 Å². The van der Waals surface area contributed by atoms with E-state index in [-0.39, 0.29) is 12.1 Å². The molecule has 1 aromatic carbocycles. The molecule has 2 rings (SSSR count). The zero-order valence-corrected chi connectivity index (χ0v) is 18.6. The molecule has 3 N–H and O–H groups in total. The van der Waals surface area contributed by atoms with E-state index in [4.69, 9.17) is 33.9 Å². The fourth-order valence-electron chi connectivity index (χ4n) is 3.25. The summed E-state index contributed by atoms with van der Waals surface area (Å²) in [5, 5.41) is 11.1. The second-order valence-electron chi connectivity index (χ2n) is 6.85. The van der Waals surface area contributed by atoms with Crippen molar-refractivity contribution in [1.82, 2.24) is 20.9 Å². The van der Waals surface area contributed by atoms with Gasteiger partial charge in [0, 0.05) is 25.7 Å². The van der Waals surface area contributed by atoms with Gasteiger partial charge < -0.3 is 30.3 Å². The highest BCUT2D eigenvalue weighted by Gasteiger charge is 2.30. The number of benzene rings is 1. The molecule has 0 aromatic heterocycles. The van der Waals surface area contributed by atoms with Crippen LogP contribution in [-0.2, 0) is 6.42 Å². The fourth-order valence-corrected chi connectivity index (χ4v) is 3.88. The van der Waals surface area contributed by atoms with Crippen molar-refractivity contribution in [1.29, 1.82) is 0 Å². The molecule has 0 unspecified atom stereocenters. The third kappa shape index (κ3) is 5.48. The molecule has 0 saturated carbocycles. The molecule has 1 heterocycles. The number of rotatable bonds is 7. The second-order valence-corrected chi connectivity index (χ2v) is 7.64. The highest BCUT2D eigenvalue weighted by atomic mass is 32.1. The highest BCUT2D eigenvalue weighted by molar-refractivity contribution is 7.80. The Morgan fingerprint density at radius 2 is 1.93 bits per heavy atom. The van der Waals surface area contributed by atoms with Crippen molar-refractivity contribution >= 4 is 34.7 Å². The van der Waals surface area contributed by atoms with Gasteiger partial charge in [-0.2, -0.15) is 0 Å². The van der Waals surface area contributed by atoms with Crippen LogP contribution < -0.4 is 25.4 Å².